The van der Waals surface area contributed by atoms with Crippen LogP contribution in [-0.2, 0) is 4.79 Å². The van der Waals surface area contributed by atoms with Gasteiger partial charge in [0, 0.05) is 5.92 Å². The van der Waals surface area contributed by atoms with Crippen molar-refractivity contribution in [2.24, 2.45) is 11.8 Å². The van der Waals surface area contributed by atoms with Gasteiger partial charge in [-0.05, 0) is 12.3 Å². The molecular weight excluding hydrogens is 100 g/mol. The minimum atomic E-state index is 0.273. The first kappa shape index (κ1) is 5.54. The molecule has 1 aliphatic rings. The predicted molar refractivity (Wildman–Crippen MR) is 32.5 cm³/mol. The Balaban J connectivity index is 2.50. The van der Waals surface area contributed by atoms with Crippen LogP contribution in [0.5, 0.6) is 0 Å². The lowest BCUT2D eigenvalue weighted by Crippen LogP contribution is -2.04. The molecule has 0 amide bonds. The van der Waals surface area contributed by atoms with Crippen molar-refractivity contribution >= 4 is 6.29 Å². The first-order valence-electron chi connectivity index (χ1n) is 2.96. The van der Waals surface area contributed by atoms with Gasteiger partial charge in [0.1, 0.15) is 6.29 Å². The van der Waals surface area contributed by atoms with E-state index in [4.69, 9.17) is 0 Å². The monoisotopic (exact) mass is 110 g/mol. The van der Waals surface area contributed by atoms with Gasteiger partial charge in [-0.2, -0.15) is 0 Å². The van der Waals surface area contributed by atoms with Crippen LogP contribution < -0.4 is 0 Å². The minimum Gasteiger partial charge on any atom is -0.303 e. The molecule has 0 saturated carbocycles. The number of allylic oxidation sites excluding steroid dienone is 2. The highest BCUT2D eigenvalue weighted by molar-refractivity contribution is 5.55. The van der Waals surface area contributed by atoms with Gasteiger partial charge in [0.05, 0.1) is 0 Å². The second kappa shape index (κ2) is 2.12. The Labute approximate surface area is 49.4 Å². The van der Waals surface area contributed by atoms with Crippen molar-refractivity contribution in [3.63, 3.8) is 0 Å². The van der Waals surface area contributed by atoms with Crippen LogP contribution in [0, 0.1) is 11.8 Å². The normalized spacial score (nSPS) is 35.6. The van der Waals surface area contributed by atoms with Crippen LogP contribution in [-0.4, -0.2) is 6.29 Å². The molecule has 44 valence electrons. The summed E-state index contributed by atoms with van der Waals surface area (Å²) in [4.78, 5) is 10.2. The number of hydrogen-bond donors (Lipinski definition) is 0. The summed E-state index contributed by atoms with van der Waals surface area (Å²) in [6, 6.07) is 0. The molecule has 1 nitrogen and oxygen atoms in total. The van der Waals surface area contributed by atoms with Crippen molar-refractivity contribution < 1.29 is 4.79 Å². The zero-order chi connectivity index (χ0) is 5.98. The van der Waals surface area contributed by atoms with Crippen LogP contribution in [0.25, 0.3) is 0 Å². The molecule has 0 saturated heterocycles. The zero-order valence-corrected chi connectivity index (χ0v) is 5.00. The van der Waals surface area contributed by atoms with Crippen LogP contribution in [0.1, 0.15) is 13.3 Å². The molecule has 0 aromatic heterocycles. The third-order valence-electron chi connectivity index (χ3n) is 1.70. The second-order valence-electron chi connectivity index (χ2n) is 2.32. The van der Waals surface area contributed by atoms with Crippen molar-refractivity contribution in [1.82, 2.24) is 0 Å². The second-order valence-corrected chi connectivity index (χ2v) is 2.32. The molecule has 0 N–H and O–H groups in total. The van der Waals surface area contributed by atoms with Gasteiger partial charge in [0.15, 0.2) is 0 Å². The fraction of sp³-hybridized carbons (Fsp3) is 0.571. The largest absolute Gasteiger partial charge is 0.303 e. The van der Waals surface area contributed by atoms with Crippen molar-refractivity contribution in [3.8, 4) is 0 Å². The summed E-state index contributed by atoms with van der Waals surface area (Å²) in [5.74, 6) is 0.752. The third kappa shape index (κ3) is 0.808. The molecule has 1 aliphatic carbocycles. The number of carbonyl (C=O) groups is 1. The topological polar surface area (TPSA) is 17.1 Å². The van der Waals surface area contributed by atoms with Crippen molar-refractivity contribution in [2.45, 2.75) is 13.3 Å². The van der Waals surface area contributed by atoms with E-state index in [9.17, 15) is 4.79 Å². The maximum Gasteiger partial charge on any atom is 0.123 e. The lowest BCUT2D eigenvalue weighted by atomic mass is 10.00. The fourth-order valence-corrected chi connectivity index (χ4v) is 0.987. The van der Waals surface area contributed by atoms with Crippen LogP contribution >= 0.6 is 0 Å². The molecule has 2 atom stereocenters. The number of aldehydes is 1. The molecule has 0 radical (unpaired) electrons. The summed E-state index contributed by atoms with van der Waals surface area (Å²) < 4.78 is 0. The van der Waals surface area contributed by atoms with E-state index in [2.05, 4.69) is 19.1 Å². The van der Waals surface area contributed by atoms with Crippen LogP contribution in [0.15, 0.2) is 12.2 Å². The van der Waals surface area contributed by atoms with Gasteiger partial charge in [-0.15, -0.1) is 0 Å². The number of hydrogen-bond acceptors (Lipinski definition) is 1. The zero-order valence-electron chi connectivity index (χ0n) is 5.00. The van der Waals surface area contributed by atoms with Gasteiger partial charge in [-0.3, -0.25) is 0 Å². The molecule has 0 aromatic rings. The van der Waals surface area contributed by atoms with E-state index in [1.54, 1.807) is 0 Å². The van der Waals surface area contributed by atoms with Gasteiger partial charge >= 0.3 is 0 Å². The predicted octanol–water partition coefficient (Wildman–Crippen LogP) is 1.40. The quantitative estimate of drug-likeness (QED) is 0.368. The van der Waals surface area contributed by atoms with Crippen LogP contribution in [0.3, 0.4) is 0 Å². The Hall–Kier alpha value is -0.590. The van der Waals surface area contributed by atoms with E-state index >= 15 is 0 Å². The van der Waals surface area contributed by atoms with Gasteiger partial charge in [0.2, 0.25) is 0 Å². The molecule has 0 aromatic carbocycles. The fourth-order valence-electron chi connectivity index (χ4n) is 0.987. The SMILES string of the molecule is C[C@@H]1C=CC[C@H]1C=O. The van der Waals surface area contributed by atoms with E-state index < -0.39 is 0 Å². The molecule has 0 aliphatic heterocycles. The maximum absolute atomic E-state index is 10.2. The molecule has 8 heavy (non-hydrogen) atoms. The van der Waals surface area contributed by atoms with Gasteiger partial charge < -0.3 is 4.79 Å². The lowest BCUT2D eigenvalue weighted by Gasteiger charge is -2.03. The highest BCUT2D eigenvalue weighted by atomic mass is 16.1. The Bertz CT molecular complexity index is 116. The Morgan fingerprint density at radius 2 is 2.50 bits per heavy atom. The minimum absolute atomic E-state index is 0.273. The maximum atomic E-state index is 10.2. The van der Waals surface area contributed by atoms with Gasteiger partial charge in [-0.25, -0.2) is 0 Å². The van der Waals surface area contributed by atoms with Crippen LogP contribution in [0.4, 0.5) is 0 Å². The molecule has 0 bridgehead atoms. The number of carbonyl (C=O) groups excluding carboxylic acids is 1. The summed E-state index contributed by atoms with van der Waals surface area (Å²) >= 11 is 0. The molecule has 0 unspecified atom stereocenters. The summed E-state index contributed by atoms with van der Waals surface area (Å²) in [5, 5.41) is 0. The van der Waals surface area contributed by atoms with Crippen molar-refractivity contribution in [1.29, 1.82) is 0 Å². The standard InChI is InChI=1S/C7H10O/c1-6-3-2-4-7(6)5-8/h2-3,5-7H,4H2,1H3/t6-,7+/m1/s1. The van der Waals surface area contributed by atoms with Gasteiger partial charge in [-0.1, -0.05) is 19.1 Å². The smallest absolute Gasteiger partial charge is 0.123 e. The highest BCUT2D eigenvalue weighted by Crippen LogP contribution is 2.21. The van der Waals surface area contributed by atoms with E-state index in [-0.39, 0.29) is 5.92 Å². The average molecular weight is 110 g/mol. The molecule has 0 spiro atoms. The van der Waals surface area contributed by atoms with E-state index in [1.165, 1.54) is 0 Å². The number of rotatable bonds is 1. The first-order chi connectivity index (χ1) is 3.84. The molecule has 1 heteroatoms. The first-order valence-corrected chi connectivity index (χ1v) is 2.96. The van der Waals surface area contributed by atoms with E-state index in [0.29, 0.717) is 5.92 Å². The van der Waals surface area contributed by atoms with Gasteiger partial charge in [0.25, 0.3) is 0 Å². The summed E-state index contributed by atoms with van der Waals surface area (Å²) in [6.45, 7) is 2.07. The molecular formula is C7H10O. The van der Waals surface area contributed by atoms with E-state index in [1.807, 2.05) is 0 Å². The Morgan fingerprint density at radius 1 is 1.75 bits per heavy atom. The summed E-state index contributed by atoms with van der Waals surface area (Å²) in [6.07, 6.45) is 6.16. The Morgan fingerprint density at radius 3 is 2.75 bits per heavy atom. The third-order valence-corrected chi connectivity index (χ3v) is 1.70. The average Bonchev–Trinajstić information content (AvgIpc) is 2.14. The van der Waals surface area contributed by atoms with Crippen molar-refractivity contribution in [3.05, 3.63) is 12.2 Å². The lowest BCUT2D eigenvalue weighted by molar-refractivity contribution is -0.111. The van der Waals surface area contributed by atoms with Crippen molar-refractivity contribution in [2.75, 3.05) is 0 Å². The molecule has 1 rings (SSSR count). The molecule has 0 heterocycles. The van der Waals surface area contributed by atoms with E-state index in [0.717, 1.165) is 12.7 Å². The summed E-state index contributed by atoms with van der Waals surface area (Å²) in [5.41, 5.74) is 0. The molecule has 0 fully saturated rings. The highest BCUT2D eigenvalue weighted by Gasteiger charge is 2.16. The van der Waals surface area contributed by atoms with Crippen LogP contribution in [0.2, 0.25) is 0 Å². The Kier molecular flexibility index (Phi) is 1.47. The summed E-state index contributed by atoms with van der Waals surface area (Å²) in [7, 11) is 0.